The minimum atomic E-state index is -4.10. The van der Waals surface area contributed by atoms with Crippen molar-refractivity contribution in [3.05, 3.63) is 47.7 Å². The van der Waals surface area contributed by atoms with Crippen LogP contribution in [-0.4, -0.2) is 23.0 Å². The van der Waals surface area contributed by atoms with Crippen molar-refractivity contribution in [2.24, 2.45) is 7.05 Å². The van der Waals surface area contributed by atoms with Crippen LogP contribution in [0.1, 0.15) is 19.8 Å². The molecule has 0 radical (unpaired) electrons. The smallest absolute Gasteiger partial charge is 0.352 e. The highest BCUT2D eigenvalue weighted by atomic mass is 35.5. The molecule has 0 spiro atoms. The van der Waals surface area contributed by atoms with Gasteiger partial charge in [0.15, 0.2) is 10.8 Å². The number of rotatable bonds is 5. The van der Waals surface area contributed by atoms with Gasteiger partial charge in [0.25, 0.3) is 0 Å². The van der Waals surface area contributed by atoms with Gasteiger partial charge in [0.1, 0.15) is 0 Å². The Kier molecular flexibility index (Phi) is 5.02. The second-order valence-corrected chi connectivity index (χ2v) is 7.92. The van der Waals surface area contributed by atoms with Crippen molar-refractivity contribution in [1.29, 1.82) is 5.41 Å². The van der Waals surface area contributed by atoms with Crippen molar-refractivity contribution < 1.29 is 12.6 Å². The SMILES string of the molecule is CCCC(=N)S(=O)(=O)Oc1cncc(-c2cc3ccc(Cl)cc3n2C)c1. The molecule has 136 valence electrons. The molecule has 0 saturated heterocycles. The summed E-state index contributed by atoms with van der Waals surface area (Å²) in [5, 5.41) is 8.85. The monoisotopic (exact) mass is 391 g/mol. The number of aromatic nitrogens is 2. The summed E-state index contributed by atoms with van der Waals surface area (Å²) in [5.41, 5.74) is 2.51. The minimum absolute atomic E-state index is 0.0756. The first-order valence-electron chi connectivity index (χ1n) is 8.04. The van der Waals surface area contributed by atoms with Crippen molar-refractivity contribution in [2.45, 2.75) is 19.8 Å². The van der Waals surface area contributed by atoms with E-state index in [1.165, 1.54) is 6.20 Å². The van der Waals surface area contributed by atoms with Gasteiger partial charge < -0.3 is 8.75 Å². The zero-order chi connectivity index (χ0) is 18.9. The zero-order valence-corrected chi connectivity index (χ0v) is 15.9. The number of benzene rings is 1. The lowest BCUT2D eigenvalue weighted by Crippen LogP contribution is -2.19. The van der Waals surface area contributed by atoms with Gasteiger partial charge in [-0.15, -0.1) is 0 Å². The highest BCUT2D eigenvalue weighted by molar-refractivity contribution is 8.02. The van der Waals surface area contributed by atoms with E-state index in [0.717, 1.165) is 16.6 Å². The third-order valence-electron chi connectivity index (χ3n) is 4.00. The highest BCUT2D eigenvalue weighted by Gasteiger charge is 2.20. The fraction of sp³-hybridized carbons (Fsp3) is 0.222. The van der Waals surface area contributed by atoms with Gasteiger partial charge >= 0.3 is 10.1 Å². The van der Waals surface area contributed by atoms with Gasteiger partial charge in [0.2, 0.25) is 0 Å². The third-order valence-corrected chi connectivity index (χ3v) is 5.46. The Morgan fingerprint density at radius 3 is 2.77 bits per heavy atom. The maximum absolute atomic E-state index is 12.1. The number of nitrogens with one attached hydrogen (secondary N) is 1. The quantitative estimate of drug-likeness (QED) is 0.397. The molecule has 0 fully saturated rings. The lowest BCUT2D eigenvalue weighted by Gasteiger charge is -2.09. The molecule has 6 nitrogen and oxygen atoms in total. The normalized spacial score (nSPS) is 11.7. The highest BCUT2D eigenvalue weighted by Crippen LogP contribution is 2.30. The van der Waals surface area contributed by atoms with Crippen LogP contribution >= 0.6 is 11.6 Å². The molecule has 0 saturated carbocycles. The van der Waals surface area contributed by atoms with Crippen LogP contribution in [0, 0.1) is 5.41 Å². The molecule has 1 aromatic carbocycles. The lowest BCUT2D eigenvalue weighted by molar-refractivity contribution is 0.498. The Morgan fingerprint density at radius 1 is 1.27 bits per heavy atom. The number of hydrogen-bond donors (Lipinski definition) is 1. The number of hydrogen-bond acceptors (Lipinski definition) is 5. The van der Waals surface area contributed by atoms with Gasteiger partial charge in [0.05, 0.1) is 11.9 Å². The molecule has 0 amide bonds. The predicted octanol–water partition coefficient (Wildman–Crippen LogP) is 4.38. The lowest BCUT2D eigenvalue weighted by atomic mass is 10.2. The molecule has 3 aromatic rings. The van der Waals surface area contributed by atoms with Gasteiger partial charge in [-0.3, -0.25) is 10.4 Å². The van der Waals surface area contributed by atoms with Gasteiger partial charge in [-0.2, -0.15) is 8.42 Å². The molecule has 8 heteroatoms. The standard InChI is InChI=1S/C18H18ClN3O3S/c1-3-4-18(20)26(23,24)25-15-7-13(10-21-11-15)16-8-12-5-6-14(19)9-17(12)22(16)2/h5-11,20H,3-4H2,1-2H3. The Morgan fingerprint density at radius 2 is 2.04 bits per heavy atom. The molecule has 3 rings (SSSR count). The molecule has 1 N–H and O–H groups in total. The average molecular weight is 392 g/mol. The molecule has 0 aliphatic carbocycles. The van der Waals surface area contributed by atoms with Crippen molar-refractivity contribution in [2.75, 3.05) is 0 Å². The first-order valence-corrected chi connectivity index (χ1v) is 9.83. The number of pyridine rings is 1. The number of nitrogens with zero attached hydrogens (tertiary/aromatic N) is 2. The molecule has 0 bridgehead atoms. The van der Waals surface area contributed by atoms with Crippen LogP contribution in [-0.2, 0) is 17.2 Å². The molecule has 0 unspecified atom stereocenters. The van der Waals surface area contributed by atoms with Crippen LogP contribution in [0.15, 0.2) is 42.7 Å². The average Bonchev–Trinajstić information content (AvgIpc) is 2.91. The Bertz CT molecular complexity index is 1090. The largest absolute Gasteiger partial charge is 0.376 e. The van der Waals surface area contributed by atoms with Crippen LogP contribution in [0.5, 0.6) is 5.75 Å². The van der Waals surface area contributed by atoms with E-state index in [-0.39, 0.29) is 12.2 Å². The third kappa shape index (κ3) is 3.59. The van der Waals surface area contributed by atoms with Crippen LogP contribution < -0.4 is 4.18 Å². The summed E-state index contributed by atoms with van der Waals surface area (Å²) in [6.45, 7) is 1.80. The summed E-state index contributed by atoms with van der Waals surface area (Å²) in [4.78, 5) is 4.08. The first-order chi connectivity index (χ1) is 12.3. The van der Waals surface area contributed by atoms with Crippen molar-refractivity contribution in [1.82, 2.24) is 9.55 Å². The molecule has 2 heterocycles. The van der Waals surface area contributed by atoms with Gasteiger partial charge in [-0.25, -0.2) is 0 Å². The van der Waals surface area contributed by atoms with E-state index in [1.807, 2.05) is 35.9 Å². The summed E-state index contributed by atoms with van der Waals surface area (Å²) in [7, 11) is -2.20. The van der Waals surface area contributed by atoms with E-state index < -0.39 is 15.2 Å². The predicted molar refractivity (Wildman–Crippen MR) is 103 cm³/mol. The Hall–Kier alpha value is -2.38. The van der Waals surface area contributed by atoms with Crippen molar-refractivity contribution in [3.63, 3.8) is 0 Å². The van der Waals surface area contributed by atoms with Gasteiger partial charge in [-0.1, -0.05) is 24.6 Å². The minimum Gasteiger partial charge on any atom is -0.376 e. The molecular weight excluding hydrogens is 374 g/mol. The van der Waals surface area contributed by atoms with Gasteiger partial charge in [-0.05, 0) is 30.7 Å². The summed E-state index contributed by atoms with van der Waals surface area (Å²) in [6.07, 6.45) is 3.64. The van der Waals surface area contributed by atoms with Crippen LogP contribution in [0.25, 0.3) is 22.2 Å². The fourth-order valence-electron chi connectivity index (χ4n) is 2.71. The number of halogens is 1. The first kappa shape index (κ1) is 18.4. The second kappa shape index (κ2) is 7.09. The van der Waals surface area contributed by atoms with E-state index >= 15 is 0 Å². The molecule has 0 atom stereocenters. The summed E-state index contributed by atoms with van der Waals surface area (Å²) in [5.74, 6) is 0.0756. The molecule has 0 aliphatic rings. The van der Waals surface area contributed by atoms with E-state index in [9.17, 15) is 8.42 Å². The zero-order valence-electron chi connectivity index (χ0n) is 14.4. The van der Waals surface area contributed by atoms with Crippen LogP contribution in [0.2, 0.25) is 5.02 Å². The van der Waals surface area contributed by atoms with E-state index in [1.54, 1.807) is 19.2 Å². The summed E-state index contributed by atoms with van der Waals surface area (Å²) in [6, 6.07) is 9.17. The Balaban J connectivity index is 1.98. The van der Waals surface area contributed by atoms with E-state index in [0.29, 0.717) is 17.0 Å². The maximum atomic E-state index is 12.1. The van der Waals surface area contributed by atoms with E-state index in [4.69, 9.17) is 21.2 Å². The Labute approximate surface area is 157 Å². The second-order valence-electron chi connectivity index (χ2n) is 5.91. The fourth-order valence-corrected chi connectivity index (χ4v) is 3.78. The summed E-state index contributed by atoms with van der Waals surface area (Å²) >= 11 is 6.07. The molecular formula is C18H18ClN3O3S. The van der Waals surface area contributed by atoms with Crippen LogP contribution in [0.3, 0.4) is 0 Å². The molecule has 0 aliphatic heterocycles. The molecule has 2 aromatic heterocycles. The summed E-state index contributed by atoms with van der Waals surface area (Å²) < 4.78 is 31.2. The maximum Gasteiger partial charge on any atom is 0.352 e. The van der Waals surface area contributed by atoms with Gasteiger partial charge in [0, 0.05) is 41.2 Å². The number of aryl methyl sites for hydroxylation is 1. The van der Waals surface area contributed by atoms with Crippen molar-refractivity contribution in [3.8, 4) is 17.0 Å². The number of fused-ring (bicyclic) bond motifs is 1. The topological polar surface area (TPSA) is 85.0 Å². The van der Waals surface area contributed by atoms with Crippen molar-refractivity contribution >= 4 is 37.7 Å². The van der Waals surface area contributed by atoms with E-state index in [2.05, 4.69) is 4.98 Å². The van der Waals surface area contributed by atoms with Crippen LogP contribution in [0.4, 0.5) is 0 Å². The molecule has 26 heavy (non-hydrogen) atoms.